The topological polar surface area (TPSA) is 42.2 Å². The van der Waals surface area contributed by atoms with Gasteiger partial charge in [-0.25, -0.2) is 4.98 Å². The Balaban J connectivity index is 2.66. The standard InChI is InChI=1S/C12H14N4/c1-4-10(7-13-3)11-8-15-12-9(2)14-5-6-16(11)12/h4-8,13H,1H2,2-3H3/b10-7+. The van der Waals surface area contributed by atoms with Gasteiger partial charge in [-0.15, -0.1) is 0 Å². The monoisotopic (exact) mass is 214 g/mol. The minimum Gasteiger partial charge on any atom is -0.393 e. The molecular weight excluding hydrogens is 200 g/mol. The van der Waals surface area contributed by atoms with Crippen molar-refractivity contribution in [1.29, 1.82) is 0 Å². The second kappa shape index (κ2) is 4.18. The van der Waals surface area contributed by atoms with Crippen LogP contribution in [0.15, 0.2) is 37.4 Å². The molecule has 0 atom stereocenters. The highest BCUT2D eigenvalue weighted by atomic mass is 15.0. The van der Waals surface area contributed by atoms with E-state index in [0.717, 1.165) is 22.6 Å². The van der Waals surface area contributed by atoms with E-state index in [0.29, 0.717) is 0 Å². The minimum atomic E-state index is 0.876. The van der Waals surface area contributed by atoms with Crippen molar-refractivity contribution in [2.75, 3.05) is 7.05 Å². The van der Waals surface area contributed by atoms with Crippen molar-refractivity contribution < 1.29 is 0 Å². The lowest BCUT2D eigenvalue weighted by Crippen LogP contribution is -1.98. The number of aryl methyl sites for hydroxylation is 1. The third-order valence-electron chi connectivity index (χ3n) is 2.42. The molecule has 0 unspecified atom stereocenters. The summed E-state index contributed by atoms with van der Waals surface area (Å²) in [4.78, 5) is 8.56. The Kier molecular flexibility index (Phi) is 2.72. The molecule has 0 saturated carbocycles. The number of hydrogen-bond donors (Lipinski definition) is 1. The molecule has 4 heteroatoms. The maximum absolute atomic E-state index is 4.35. The molecule has 2 aromatic rings. The minimum absolute atomic E-state index is 0.876. The molecule has 4 nitrogen and oxygen atoms in total. The van der Waals surface area contributed by atoms with Gasteiger partial charge in [0, 0.05) is 31.2 Å². The fourth-order valence-corrected chi connectivity index (χ4v) is 1.66. The first-order valence-corrected chi connectivity index (χ1v) is 5.07. The molecular formula is C12H14N4. The van der Waals surface area contributed by atoms with Crippen LogP contribution in [-0.2, 0) is 0 Å². The summed E-state index contributed by atoms with van der Waals surface area (Å²) in [5.74, 6) is 0. The lowest BCUT2D eigenvalue weighted by atomic mass is 10.2. The quantitative estimate of drug-likeness (QED) is 0.792. The molecule has 2 aromatic heterocycles. The molecule has 0 spiro atoms. The van der Waals surface area contributed by atoms with Gasteiger partial charge in [-0.1, -0.05) is 12.7 Å². The molecule has 0 aliphatic heterocycles. The van der Waals surface area contributed by atoms with Gasteiger partial charge in [0.25, 0.3) is 0 Å². The molecule has 0 aromatic carbocycles. The van der Waals surface area contributed by atoms with Gasteiger partial charge in [-0.3, -0.25) is 9.38 Å². The summed E-state index contributed by atoms with van der Waals surface area (Å²) in [6.07, 6.45) is 9.20. The molecule has 0 aliphatic rings. The van der Waals surface area contributed by atoms with Crippen molar-refractivity contribution in [3.05, 3.63) is 48.8 Å². The summed E-state index contributed by atoms with van der Waals surface area (Å²) in [5, 5.41) is 3.00. The third-order valence-corrected chi connectivity index (χ3v) is 2.42. The van der Waals surface area contributed by atoms with Gasteiger partial charge >= 0.3 is 0 Å². The van der Waals surface area contributed by atoms with Crippen molar-refractivity contribution >= 4 is 11.2 Å². The Bertz CT molecular complexity index is 551. The fourth-order valence-electron chi connectivity index (χ4n) is 1.66. The zero-order valence-electron chi connectivity index (χ0n) is 9.44. The van der Waals surface area contributed by atoms with Crippen LogP contribution in [0.4, 0.5) is 0 Å². The second-order valence-electron chi connectivity index (χ2n) is 3.44. The summed E-state index contributed by atoms with van der Waals surface area (Å²) in [6.45, 7) is 5.75. The van der Waals surface area contributed by atoms with E-state index in [1.807, 2.05) is 37.0 Å². The van der Waals surface area contributed by atoms with Crippen LogP contribution in [0.5, 0.6) is 0 Å². The van der Waals surface area contributed by atoms with Gasteiger partial charge in [0.1, 0.15) is 0 Å². The SMILES string of the molecule is C=C/C(=C\NC)c1cnc2c(C)nccn12. The normalized spacial score (nSPS) is 11.8. The van der Waals surface area contributed by atoms with Crippen LogP contribution >= 0.6 is 0 Å². The molecule has 0 radical (unpaired) electrons. The molecule has 2 heterocycles. The van der Waals surface area contributed by atoms with Crippen LogP contribution < -0.4 is 5.32 Å². The van der Waals surface area contributed by atoms with E-state index in [1.165, 1.54) is 0 Å². The zero-order chi connectivity index (χ0) is 11.5. The van der Waals surface area contributed by atoms with Crippen LogP contribution in [0.1, 0.15) is 11.4 Å². The van der Waals surface area contributed by atoms with E-state index in [9.17, 15) is 0 Å². The van der Waals surface area contributed by atoms with Crippen molar-refractivity contribution in [2.24, 2.45) is 0 Å². The van der Waals surface area contributed by atoms with Crippen molar-refractivity contribution in [1.82, 2.24) is 19.7 Å². The summed E-state index contributed by atoms with van der Waals surface area (Å²) in [6, 6.07) is 0. The maximum atomic E-state index is 4.35. The molecule has 0 amide bonds. The van der Waals surface area contributed by atoms with Crippen molar-refractivity contribution in [3.63, 3.8) is 0 Å². The zero-order valence-corrected chi connectivity index (χ0v) is 9.44. The highest BCUT2D eigenvalue weighted by Crippen LogP contribution is 2.17. The van der Waals surface area contributed by atoms with Gasteiger partial charge in [0.05, 0.1) is 17.6 Å². The Morgan fingerprint density at radius 2 is 2.31 bits per heavy atom. The maximum Gasteiger partial charge on any atom is 0.158 e. The number of aromatic nitrogens is 3. The summed E-state index contributed by atoms with van der Waals surface area (Å²) in [5.41, 5.74) is 3.80. The predicted molar refractivity (Wildman–Crippen MR) is 65.0 cm³/mol. The lowest BCUT2D eigenvalue weighted by molar-refractivity contribution is 1.06. The first-order chi connectivity index (χ1) is 7.77. The first kappa shape index (κ1) is 10.4. The van der Waals surface area contributed by atoms with E-state index in [1.54, 1.807) is 12.3 Å². The number of imidazole rings is 1. The van der Waals surface area contributed by atoms with Gasteiger partial charge in [0.2, 0.25) is 0 Å². The number of rotatable bonds is 3. The van der Waals surface area contributed by atoms with Crippen molar-refractivity contribution in [3.8, 4) is 0 Å². The first-order valence-electron chi connectivity index (χ1n) is 5.07. The van der Waals surface area contributed by atoms with E-state index in [2.05, 4.69) is 21.9 Å². The lowest BCUT2D eigenvalue weighted by Gasteiger charge is -2.03. The van der Waals surface area contributed by atoms with Gasteiger partial charge in [-0.05, 0) is 6.92 Å². The van der Waals surface area contributed by atoms with Crippen molar-refractivity contribution in [2.45, 2.75) is 6.92 Å². The molecule has 1 N–H and O–H groups in total. The molecule has 0 bridgehead atoms. The highest BCUT2D eigenvalue weighted by Gasteiger charge is 2.07. The van der Waals surface area contributed by atoms with Crippen LogP contribution in [0, 0.1) is 6.92 Å². The average Bonchev–Trinajstić information content (AvgIpc) is 2.71. The van der Waals surface area contributed by atoms with E-state index < -0.39 is 0 Å². The molecule has 0 aliphatic carbocycles. The average molecular weight is 214 g/mol. The highest BCUT2D eigenvalue weighted by molar-refractivity contribution is 5.72. The second-order valence-corrected chi connectivity index (χ2v) is 3.44. The predicted octanol–water partition coefficient (Wildman–Crippen LogP) is 1.78. The molecule has 2 rings (SSSR count). The van der Waals surface area contributed by atoms with E-state index in [-0.39, 0.29) is 0 Å². The van der Waals surface area contributed by atoms with Gasteiger partial charge in [0.15, 0.2) is 5.65 Å². The summed E-state index contributed by atoms with van der Waals surface area (Å²) < 4.78 is 2.01. The largest absolute Gasteiger partial charge is 0.393 e. The van der Waals surface area contributed by atoms with Crippen LogP contribution in [0.3, 0.4) is 0 Å². The van der Waals surface area contributed by atoms with Gasteiger partial charge < -0.3 is 5.32 Å². The number of nitrogens with zero attached hydrogens (tertiary/aromatic N) is 3. The summed E-state index contributed by atoms with van der Waals surface area (Å²) in [7, 11) is 1.86. The smallest absolute Gasteiger partial charge is 0.158 e. The van der Waals surface area contributed by atoms with Crippen LogP contribution in [0.25, 0.3) is 11.2 Å². The van der Waals surface area contributed by atoms with E-state index >= 15 is 0 Å². The van der Waals surface area contributed by atoms with Gasteiger partial charge in [-0.2, -0.15) is 0 Å². The summed E-state index contributed by atoms with van der Waals surface area (Å²) >= 11 is 0. The number of allylic oxidation sites excluding steroid dienone is 2. The Hall–Kier alpha value is -2.10. The Morgan fingerprint density at radius 3 is 3.00 bits per heavy atom. The number of hydrogen-bond acceptors (Lipinski definition) is 3. The number of nitrogens with one attached hydrogen (secondary N) is 1. The Labute approximate surface area is 94.3 Å². The molecule has 16 heavy (non-hydrogen) atoms. The van der Waals surface area contributed by atoms with Crippen LogP contribution in [0.2, 0.25) is 0 Å². The fraction of sp³-hybridized carbons (Fsp3) is 0.167. The number of fused-ring (bicyclic) bond motifs is 1. The Morgan fingerprint density at radius 1 is 1.50 bits per heavy atom. The molecule has 82 valence electrons. The van der Waals surface area contributed by atoms with Crippen LogP contribution in [-0.4, -0.2) is 21.4 Å². The van der Waals surface area contributed by atoms with E-state index in [4.69, 9.17) is 0 Å². The molecule has 0 saturated heterocycles. The molecule has 0 fully saturated rings. The third kappa shape index (κ3) is 1.58.